The van der Waals surface area contributed by atoms with Gasteiger partial charge < -0.3 is 14.6 Å². The third-order valence-electron chi connectivity index (χ3n) is 3.57. The molecule has 1 N–H and O–H groups in total. The summed E-state index contributed by atoms with van der Waals surface area (Å²) in [4.78, 5) is 2.22. The molecule has 5 heteroatoms. The first-order valence-corrected chi connectivity index (χ1v) is 8.13. The van der Waals surface area contributed by atoms with Crippen LogP contribution in [0, 0.1) is 0 Å². The van der Waals surface area contributed by atoms with Crippen molar-refractivity contribution in [1.82, 2.24) is 4.90 Å². The number of ether oxygens (including phenoxy) is 2. The number of halogens is 1. The first-order chi connectivity index (χ1) is 10.3. The van der Waals surface area contributed by atoms with Gasteiger partial charge >= 0.3 is 0 Å². The van der Waals surface area contributed by atoms with Crippen LogP contribution in [0.4, 0.5) is 0 Å². The number of nitrogens with zero attached hydrogens (tertiary/aromatic N) is 1. The van der Waals surface area contributed by atoms with Crippen LogP contribution < -0.4 is 0 Å². The highest BCUT2D eigenvalue weighted by atomic mass is 35.5. The summed E-state index contributed by atoms with van der Waals surface area (Å²) in [7, 11) is 0. The van der Waals surface area contributed by atoms with Gasteiger partial charge in [-0.15, -0.1) is 0 Å². The highest BCUT2D eigenvalue weighted by Crippen LogP contribution is 2.23. The predicted octanol–water partition coefficient (Wildman–Crippen LogP) is 2.89. The maximum Gasteiger partial charge on any atom is 0.0952 e. The van der Waals surface area contributed by atoms with Crippen molar-refractivity contribution in [3.05, 3.63) is 34.9 Å². The minimum Gasteiger partial charge on any atom is -0.389 e. The lowest BCUT2D eigenvalue weighted by atomic mass is 10.1. The van der Waals surface area contributed by atoms with Gasteiger partial charge in [0.05, 0.1) is 31.0 Å². The second-order valence-corrected chi connectivity index (χ2v) is 7.18. The highest BCUT2D eigenvalue weighted by molar-refractivity contribution is 6.30. The van der Waals surface area contributed by atoms with Crippen molar-refractivity contribution in [1.29, 1.82) is 0 Å². The van der Waals surface area contributed by atoms with Crippen LogP contribution in [0.3, 0.4) is 0 Å². The van der Waals surface area contributed by atoms with Crippen LogP contribution in [0.15, 0.2) is 24.3 Å². The molecule has 22 heavy (non-hydrogen) atoms. The van der Waals surface area contributed by atoms with E-state index in [1.54, 1.807) is 0 Å². The van der Waals surface area contributed by atoms with E-state index in [1.165, 1.54) is 0 Å². The molecule has 2 rings (SSSR count). The lowest BCUT2D eigenvalue weighted by Crippen LogP contribution is -2.44. The third kappa shape index (κ3) is 5.86. The lowest BCUT2D eigenvalue weighted by molar-refractivity contribution is -0.0757. The SMILES string of the molecule is CC(C)(C)OCC(O)CN1CCOC(c2ccc(Cl)cc2)C1. The smallest absolute Gasteiger partial charge is 0.0952 e. The minimum atomic E-state index is -0.483. The van der Waals surface area contributed by atoms with Crippen LogP contribution in [-0.4, -0.2) is 54.6 Å². The van der Waals surface area contributed by atoms with E-state index in [-0.39, 0.29) is 11.7 Å². The molecule has 124 valence electrons. The van der Waals surface area contributed by atoms with E-state index >= 15 is 0 Å². The Hall–Kier alpha value is -0.650. The van der Waals surface area contributed by atoms with Crippen LogP contribution in [0.1, 0.15) is 32.4 Å². The number of aliphatic hydroxyl groups is 1. The van der Waals surface area contributed by atoms with E-state index in [1.807, 2.05) is 45.0 Å². The van der Waals surface area contributed by atoms with Crippen molar-refractivity contribution in [2.45, 2.75) is 38.6 Å². The normalized spacial score (nSPS) is 21.8. The molecule has 0 bridgehead atoms. The fraction of sp³-hybridized carbons (Fsp3) is 0.647. The molecule has 2 unspecified atom stereocenters. The summed E-state index contributed by atoms with van der Waals surface area (Å²) in [6, 6.07) is 7.75. The second-order valence-electron chi connectivity index (χ2n) is 6.75. The van der Waals surface area contributed by atoms with Gasteiger partial charge in [0.25, 0.3) is 0 Å². The highest BCUT2D eigenvalue weighted by Gasteiger charge is 2.24. The maximum absolute atomic E-state index is 10.1. The van der Waals surface area contributed by atoms with E-state index in [0.717, 1.165) is 23.7 Å². The first kappa shape index (κ1) is 17.7. The van der Waals surface area contributed by atoms with E-state index < -0.39 is 6.10 Å². The average Bonchev–Trinajstić information content (AvgIpc) is 2.45. The minimum absolute atomic E-state index is 0.0294. The summed E-state index contributed by atoms with van der Waals surface area (Å²) in [5.41, 5.74) is 0.896. The molecule has 0 radical (unpaired) electrons. The van der Waals surface area contributed by atoms with Crippen LogP contribution in [0.5, 0.6) is 0 Å². The summed E-state index contributed by atoms with van der Waals surface area (Å²) in [6.45, 7) is 9.20. The number of morpholine rings is 1. The van der Waals surface area contributed by atoms with E-state index in [9.17, 15) is 5.11 Å². The largest absolute Gasteiger partial charge is 0.389 e. The summed E-state index contributed by atoms with van der Waals surface area (Å²) in [5.74, 6) is 0. The molecule has 1 aliphatic rings. The van der Waals surface area contributed by atoms with E-state index in [4.69, 9.17) is 21.1 Å². The van der Waals surface area contributed by atoms with Crippen LogP contribution in [-0.2, 0) is 9.47 Å². The lowest BCUT2D eigenvalue weighted by Gasteiger charge is -2.34. The molecule has 0 aliphatic carbocycles. The Labute approximate surface area is 138 Å². The molecule has 0 aromatic heterocycles. The maximum atomic E-state index is 10.1. The third-order valence-corrected chi connectivity index (χ3v) is 3.82. The van der Waals surface area contributed by atoms with Crippen LogP contribution in [0.2, 0.25) is 5.02 Å². The molecule has 0 saturated carbocycles. The van der Waals surface area contributed by atoms with Gasteiger partial charge in [-0.2, -0.15) is 0 Å². The number of hydrogen-bond acceptors (Lipinski definition) is 4. The van der Waals surface area contributed by atoms with Crippen molar-refractivity contribution in [3.8, 4) is 0 Å². The summed E-state index contributed by atoms with van der Waals surface area (Å²) in [5, 5.41) is 10.9. The van der Waals surface area contributed by atoms with Gasteiger partial charge in [-0.1, -0.05) is 23.7 Å². The summed E-state index contributed by atoms with van der Waals surface area (Å²) in [6.07, 6.45) is -0.454. The molecule has 4 nitrogen and oxygen atoms in total. The number of hydrogen-bond donors (Lipinski definition) is 1. The zero-order valence-corrected chi connectivity index (χ0v) is 14.3. The van der Waals surface area contributed by atoms with Crippen molar-refractivity contribution >= 4 is 11.6 Å². The van der Waals surface area contributed by atoms with Crippen molar-refractivity contribution in [2.24, 2.45) is 0 Å². The molecule has 2 atom stereocenters. The van der Waals surface area contributed by atoms with Gasteiger partial charge in [-0.05, 0) is 38.5 Å². The summed E-state index contributed by atoms with van der Waals surface area (Å²) < 4.78 is 11.5. The monoisotopic (exact) mass is 327 g/mol. The number of β-amino-alcohol motifs (C(OH)–C–C–N with tert-alkyl or cyclic N) is 1. The number of rotatable bonds is 5. The van der Waals surface area contributed by atoms with Gasteiger partial charge in [-0.25, -0.2) is 0 Å². The van der Waals surface area contributed by atoms with Gasteiger partial charge in [0, 0.05) is 24.7 Å². The van der Waals surface area contributed by atoms with E-state index in [0.29, 0.717) is 19.8 Å². The molecule has 1 heterocycles. The van der Waals surface area contributed by atoms with Gasteiger partial charge in [0.1, 0.15) is 0 Å². The molecule has 1 aromatic rings. The Morgan fingerprint density at radius 3 is 2.68 bits per heavy atom. The number of aliphatic hydroxyl groups excluding tert-OH is 1. The molecule has 1 aliphatic heterocycles. The Kier molecular flexibility index (Phi) is 6.24. The van der Waals surface area contributed by atoms with Gasteiger partial charge in [0.15, 0.2) is 0 Å². The first-order valence-electron chi connectivity index (χ1n) is 7.75. The quantitative estimate of drug-likeness (QED) is 0.903. The standard InChI is InChI=1S/C17H26ClNO3/c1-17(2,3)22-12-15(20)10-19-8-9-21-16(11-19)13-4-6-14(18)7-5-13/h4-7,15-16,20H,8-12H2,1-3H3. The topological polar surface area (TPSA) is 41.9 Å². The molecular weight excluding hydrogens is 302 g/mol. The molecule has 1 saturated heterocycles. The number of benzene rings is 1. The summed E-state index contributed by atoms with van der Waals surface area (Å²) >= 11 is 5.92. The fourth-order valence-corrected chi connectivity index (χ4v) is 2.57. The van der Waals surface area contributed by atoms with Crippen LogP contribution >= 0.6 is 11.6 Å². The zero-order valence-electron chi connectivity index (χ0n) is 13.6. The van der Waals surface area contributed by atoms with Gasteiger partial charge in [0.2, 0.25) is 0 Å². The van der Waals surface area contributed by atoms with Crippen LogP contribution in [0.25, 0.3) is 0 Å². The fourth-order valence-electron chi connectivity index (χ4n) is 2.44. The van der Waals surface area contributed by atoms with E-state index in [2.05, 4.69) is 4.90 Å². The Bertz CT molecular complexity index is 458. The molecule has 0 spiro atoms. The zero-order chi connectivity index (χ0) is 16.2. The predicted molar refractivity (Wildman–Crippen MR) is 88.3 cm³/mol. The van der Waals surface area contributed by atoms with Crippen molar-refractivity contribution in [3.63, 3.8) is 0 Å². The Morgan fingerprint density at radius 2 is 2.05 bits per heavy atom. The van der Waals surface area contributed by atoms with Gasteiger partial charge in [-0.3, -0.25) is 4.90 Å². The molecule has 1 aromatic carbocycles. The molecule has 0 amide bonds. The van der Waals surface area contributed by atoms with Crippen molar-refractivity contribution < 1.29 is 14.6 Å². The molecule has 1 fully saturated rings. The average molecular weight is 328 g/mol. The molecular formula is C17H26ClNO3. The Balaban J connectivity index is 1.84. The Morgan fingerprint density at radius 1 is 1.36 bits per heavy atom. The second kappa shape index (κ2) is 7.75. The van der Waals surface area contributed by atoms with Crippen molar-refractivity contribution in [2.75, 3.05) is 32.8 Å².